The lowest BCUT2D eigenvalue weighted by Gasteiger charge is -2.21. The summed E-state index contributed by atoms with van der Waals surface area (Å²) in [6, 6.07) is 24.5. The minimum absolute atomic E-state index is 0.155. The average Bonchev–Trinajstić information content (AvgIpc) is 3.32. The maximum Gasteiger partial charge on any atom is 0.254 e. The second-order valence-corrected chi connectivity index (χ2v) is 8.28. The van der Waals surface area contributed by atoms with Crippen LogP contribution in [0, 0.1) is 6.92 Å². The van der Waals surface area contributed by atoms with Gasteiger partial charge in [-0.1, -0.05) is 48.5 Å². The van der Waals surface area contributed by atoms with Crippen molar-refractivity contribution in [1.29, 1.82) is 0 Å². The van der Waals surface area contributed by atoms with Crippen molar-refractivity contribution < 1.29 is 14.3 Å². The van der Waals surface area contributed by atoms with Gasteiger partial charge in [0.2, 0.25) is 11.9 Å². The monoisotopic (exact) mass is 480 g/mol. The lowest BCUT2D eigenvalue weighted by atomic mass is 10.2. The first-order valence-electron chi connectivity index (χ1n) is 11.5. The Morgan fingerprint density at radius 1 is 1.06 bits per heavy atom. The number of carbonyl (C=O) groups is 2. The van der Waals surface area contributed by atoms with Gasteiger partial charge in [0.05, 0.1) is 12.8 Å². The number of hydrogen-bond acceptors (Lipinski definition) is 4. The van der Waals surface area contributed by atoms with Crippen molar-refractivity contribution in [2.24, 2.45) is 0 Å². The van der Waals surface area contributed by atoms with Gasteiger partial charge in [0.1, 0.15) is 12.3 Å². The molecule has 0 bridgehead atoms. The molecular formula is C29H28N4O3. The molecular weight excluding hydrogens is 452 g/mol. The van der Waals surface area contributed by atoms with Crippen LogP contribution >= 0.6 is 0 Å². The van der Waals surface area contributed by atoms with E-state index in [-0.39, 0.29) is 24.9 Å². The first-order chi connectivity index (χ1) is 17.5. The highest BCUT2D eigenvalue weighted by molar-refractivity contribution is 5.99. The summed E-state index contributed by atoms with van der Waals surface area (Å²) in [6.07, 6.45) is 3.49. The highest BCUT2D eigenvalue weighted by atomic mass is 16.5. The number of aromatic nitrogens is 2. The summed E-state index contributed by atoms with van der Waals surface area (Å²) in [5.74, 6) is 0.384. The van der Waals surface area contributed by atoms with Gasteiger partial charge in [0.25, 0.3) is 5.91 Å². The van der Waals surface area contributed by atoms with Crippen LogP contribution in [0.25, 0.3) is 16.9 Å². The lowest BCUT2D eigenvalue weighted by Crippen LogP contribution is -2.38. The van der Waals surface area contributed by atoms with Crippen LogP contribution in [0.4, 0.5) is 5.95 Å². The zero-order valence-electron chi connectivity index (χ0n) is 20.3. The van der Waals surface area contributed by atoms with Gasteiger partial charge in [-0.25, -0.2) is 4.98 Å². The van der Waals surface area contributed by atoms with Crippen LogP contribution in [0.3, 0.4) is 0 Å². The minimum atomic E-state index is -0.363. The van der Waals surface area contributed by atoms with E-state index < -0.39 is 0 Å². The van der Waals surface area contributed by atoms with Crippen molar-refractivity contribution in [3.63, 3.8) is 0 Å². The number of aryl methyl sites for hydroxylation is 1. The van der Waals surface area contributed by atoms with E-state index >= 15 is 0 Å². The van der Waals surface area contributed by atoms with Crippen molar-refractivity contribution in [2.45, 2.75) is 6.92 Å². The molecule has 0 fully saturated rings. The molecule has 0 aliphatic carbocycles. The Bertz CT molecular complexity index is 1360. The maximum absolute atomic E-state index is 13.1. The molecule has 0 saturated carbocycles. The summed E-state index contributed by atoms with van der Waals surface area (Å²) in [5, 5.41) is 2.90. The number of nitrogens with zero attached hydrogens (tertiary/aromatic N) is 3. The van der Waals surface area contributed by atoms with Crippen LogP contribution in [-0.2, 0) is 4.79 Å². The van der Waals surface area contributed by atoms with Gasteiger partial charge in [-0.2, -0.15) is 0 Å². The number of ether oxygens (including phenoxy) is 1. The van der Waals surface area contributed by atoms with Crippen molar-refractivity contribution >= 4 is 17.8 Å². The molecule has 0 atom stereocenters. The number of imidazole rings is 1. The topological polar surface area (TPSA) is 76.5 Å². The second-order valence-electron chi connectivity index (χ2n) is 8.28. The first-order valence-corrected chi connectivity index (χ1v) is 11.5. The van der Waals surface area contributed by atoms with Gasteiger partial charge >= 0.3 is 0 Å². The predicted octanol–water partition coefficient (Wildman–Crippen LogP) is 5.12. The molecule has 1 N–H and O–H groups in total. The Hall–Kier alpha value is -4.65. The van der Waals surface area contributed by atoms with Crippen LogP contribution in [0.1, 0.15) is 15.9 Å². The molecule has 3 aromatic carbocycles. The van der Waals surface area contributed by atoms with E-state index in [1.165, 1.54) is 4.90 Å². The van der Waals surface area contributed by atoms with Gasteiger partial charge in [-0.3, -0.25) is 19.5 Å². The van der Waals surface area contributed by atoms with Gasteiger partial charge in [-0.05, 0) is 48.9 Å². The van der Waals surface area contributed by atoms with E-state index in [0.717, 1.165) is 22.5 Å². The van der Waals surface area contributed by atoms with Crippen LogP contribution in [0.5, 0.6) is 5.75 Å². The minimum Gasteiger partial charge on any atom is -0.497 e. The van der Waals surface area contributed by atoms with E-state index in [1.807, 2.05) is 72.3 Å². The summed E-state index contributed by atoms with van der Waals surface area (Å²) >= 11 is 0. The van der Waals surface area contributed by atoms with Crippen LogP contribution in [0.2, 0.25) is 0 Å². The molecule has 7 heteroatoms. The van der Waals surface area contributed by atoms with Crippen LogP contribution < -0.4 is 10.1 Å². The molecule has 1 heterocycles. The predicted molar refractivity (Wildman–Crippen MR) is 141 cm³/mol. The number of benzene rings is 3. The third kappa shape index (κ3) is 5.70. The standard InChI is InChI=1S/C29H28N4O3/c1-4-17-32(28(35)23-13-15-25(36-3)16-14-23)20-27(34)31-29-30-26(22-10-6-5-7-11-22)19-33(29)24-12-8-9-21(2)18-24/h4-16,18-19H,1,17,20H2,2-3H3,(H,30,31,34). The van der Waals surface area contributed by atoms with E-state index in [4.69, 9.17) is 9.72 Å². The Morgan fingerprint density at radius 3 is 2.47 bits per heavy atom. The van der Waals surface area contributed by atoms with Crippen LogP contribution in [-0.4, -0.2) is 46.5 Å². The Balaban J connectivity index is 1.59. The highest BCUT2D eigenvalue weighted by Gasteiger charge is 2.20. The highest BCUT2D eigenvalue weighted by Crippen LogP contribution is 2.25. The molecule has 36 heavy (non-hydrogen) atoms. The maximum atomic E-state index is 13.1. The Morgan fingerprint density at radius 2 is 1.81 bits per heavy atom. The molecule has 0 radical (unpaired) electrons. The molecule has 0 unspecified atom stereocenters. The zero-order valence-corrected chi connectivity index (χ0v) is 20.3. The Kier molecular flexibility index (Phi) is 7.60. The molecule has 4 aromatic rings. The second kappa shape index (κ2) is 11.2. The molecule has 0 saturated heterocycles. The Labute approximate surface area is 210 Å². The van der Waals surface area contributed by atoms with Gasteiger partial charge in [0.15, 0.2) is 0 Å². The van der Waals surface area contributed by atoms with Crippen molar-refractivity contribution in [3.8, 4) is 22.7 Å². The van der Waals surface area contributed by atoms with Crippen molar-refractivity contribution in [2.75, 3.05) is 25.5 Å². The van der Waals surface area contributed by atoms with Gasteiger partial charge < -0.3 is 9.64 Å². The SMILES string of the molecule is C=CCN(CC(=O)Nc1nc(-c2ccccc2)cn1-c1cccc(C)c1)C(=O)c1ccc(OC)cc1. The normalized spacial score (nSPS) is 10.5. The number of carbonyl (C=O) groups excluding carboxylic acids is 2. The largest absolute Gasteiger partial charge is 0.497 e. The summed E-state index contributed by atoms with van der Waals surface area (Å²) in [5.41, 5.74) is 4.07. The third-order valence-corrected chi connectivity index (χ3v) is 5.61. The molecule has 0 aliphatic rings. The third-order valence-electron chi connectivity index (χ3n) is 5.61. The zero-order chi connectivity index (χ0) is 25.5. The first kappa shape index (κ1) is 24.5. The number of amides is 2. The number of methoxy groups -OCH3 is 1. The van der Waals surface area contributed by atoms with E-state index in [9.17, 15) is 9.59 Å². The molecule has 0 aliphatic heterocycles. The lowest BCUT2D eigenvalue weighted by molar-refractivity contribution is -0.116. The van der Waals surface area contributed by atoms with Crippen LogP contribution in [0.15, 0.2) is 97.7 Å². The molecule has 182 valence electrons. The smallest absolute Gasteiger partial charge is 0.254 e. The van der Waals surface area contributed by atoms with E-state index in [0.29, 0.717) is 17.3 Å². The molecule has 2 amide bonds. The quantitative estimate of drug-likeness (QED) is 0.337. The van der Waals surface area contributed by atoms with Crippen molar-refractivity contribution in [3.05, 3.63) is 109 Å². The number of nitrogens with one attached hydrogen (secondary N) is 1. The number of anilines is 1. The van der Waals surface area contributed by atoms with Crippen molar-refractivity contribution in [1.82, 2.24) is 14.5 Å². The fourth-order valence-corrected chi connectivity index (χ4v) is 3.82. The molecule has 4 rings (SSSR count). The molecule has 7 nitrogen and oxygen atoms in total. The number of hydrogen-bond donors (Lipinski definition) is 1. The summed E-state index contributed by atoms with van der Waals surface area (Å²) < 4.78 is 7.01. The van der Waals surface area contributed by atoms with Gasteiger partial charge in [0, 0.05) is 29.6 Å². The molecule has 0 spiro atoms. The summed E-state index contributed by atoms with van der Waals surface area (Å²) in [4.78, 5) is 32.3. The fourth-order valence-electron chi connectivity index (χ4n) is 3.82. The van der Waals surface area contributed by atoms with Gasteiger partial charge in [-0.15, -0.1) is 6.58 Å². The fraction of sp³-hybridized carbons (Fsp3) is 0.138. The average molecular weight is 481 g/mol. The van der Waals surface area contributed by atoms with E-state index in [2.05, 4.69) is 11.9 Å². The summed E-state index contributed by atoms with van der Waals surface area (Å²) in [6.45, 7) is 5.81. The number of rotatable bonds is 9. The summed E-state index contributed by atoms with van der Waals surface area (Å²) in [7, 11) is 1.56. The molecule has 1 aromatic heterocycles. The van der Waals surface area contributed by atoms with E-state index in [1.54, 1.807) is 37.5 Å².